The van der Waals surface area contributed by atoms with E-state index in [4.69, 9.17) is 0 Å². The number of hydrogen-bond acceptors (Lipinski definition) is 2. The van der Waals surface area contributed by atoms with E-state index in [1.165, 1.54) is 19.3 Å². The summed E-state index contributed by atoms with van der Waals surface area (Å²) in [7, 11) is 0. The standard InChI is InChI=1S/C6H14S.H3N/c1-3-4-5-6(2)7;/h6-7H,3-5H2,1-2H3;1H3. The van der Waals surface area contributed by atoms with Gasteiger partial charge in [0.2, 0.25) is 0 Å². The quantitative estimate of drug-likeness (QED) is 0.573. The maximum absolute atomic E-state index is 4.23. The van der Waals surface area contributed by atoms with Gasteiger partial charge in [0.05, 0.1) is 0 Å². The molecule has 0 rings (SSSR count). The second kappa shape index (κ2) is 7.31. The van der Waals surface area contributed by atoms with E-state index >= 15 is 0 Å². The molecule has 0 spiro atoms. The third-order valence-corrected chi connectivity index (χ3v) is 1.23. The molecule has 2 heteroatoms. The van der Waals surface area contributed by atoms with Gasteiger partial charge in [-0.3, -0.25) is 0 Å². The maximum atomic E-state index is 4.23. The van der Waals surface area contributed by atoms with Gasteiger partial charge in [-0.15, -0.1) is 0 Å². The van der Waals surface area contributed by atoms with Crippen molar-refractivity contribution in [3.63, 3.8) is 0 Å². The van der Waals surface area contributed by atoms with Crippen molar-refractivity contribution in [1.82, 2.24) is 6.15 Å². The highest BCUT2D eigenvalue weighted by atomic mass is 32.1. The SMILES string of the molecule is CCCCC(C)S.N. The molecule has 0 saturated carbocycles. The van der Waals surface area contributed by atoms with Gasteiger partial charge in [0.1, 0.15) is 0 Å². The molecule has 0 heterocycles. The van der Waals surface area contributed by atoms with Crippen LogP contribution in [0.15, 0.2) is 0 Å². The van der Waals surface area contributed by atoms with E-state index in [2.05, 4.69) is 26.5 Å². The van der Waals surface area contributed by atoms with E-state index in [9.17, 15) is 0 Å². The van der Waals surface area contributed by atoms with Crippen molar-refractivity contribution in [1.29, 1.82) is 0 Å². The fourth-order valence-electron chi connectivity index (χ4n) is 0.500. The van der Waals surface area contributed by atoms with Crippen LogP contribution in [0.3, 0.4) is 0 Å². The third kappa shape index (κ3) is 9.58. The summed E-state index contributed by atoms with van der Waals surface area (Å²) >= 11 is 4.23. The Morgan fingerprint density at radius 3 is 2.12 bits per heavy atom. The van der Waals surface area contributed by atoms with Crippen LogP contribution < -0.4 is 6.15 Å². The lowest BCUT2D eigenvalue weighted by Crippen LogP contribution is -1.87. The molecule has 52 valence electrons. The normalized spacial score (nSPS) is 12.4. The van der Waals surface area contributed by atoms with Crippen LogP contribution in [-0.4, -0.2) is 5.25 Å². The first-order valence-corrected chi connectivity index (χ1v) is 3.47. The van der Waals surface area contributed by atoms with Gasteiger partial charge in [0.15, 0.2) is 0 Å². The summed E-state index contributed by atoms with van der Waals surface area (Å²) in [6, 6.07) is 0. The van der Waals surface area contributed by atoms with Crippen molar-refractivity contribution in [2.45, 2.75) is 38.4 Å². The predicted octanol–water partition coefficient (Wildman–Crippen LogP) is 2.66. The van der Waals surface area contributed by atoms with Crippen LogP contribution in [0.1, 0.15) is 33.1 Å². The molecular formula is C6H17NS. The predicted molar refractivity (Wildman–Crippen MR) is 43.0 cm³/mol. The van der Waals surface area contributed by atoms with Gasteiger partial charge in [-0.1, -0.05) is 26.7 Å². The molecule has 0 aromatic heterocycles. The second-order valence-electron chi connectivity index (χ2n) is 1.99. The van der Waals surface area contributed by atoms with Crippen LogP contribution >= 0.6 is 12.6 Å². The van der Waals surface area contributed by atoms with Gasteiger partial charge in [0.25, 0.3) is 0 Å². The Morgan fingerprint density at radius 2 is 2.00 bits per heavy atom. The topological polar surface area (TPSA) is 35.0 Å². The molecule has 1 nitrogen and oxygen atoms in total. The Balaban J connectivity index is 0. The Kier molecular flexibility index (Phi) is 10.2. The van der Waals surface area contributed by atoms with Gasteiger partial charge < -0.3 is 6.15 Å². The maximum Gasteiger partial charge on any atom is -0.00116 e. The first-order valence-electron chi connectivity index (χ1n) is 2.95. The van der Waals surface area contributed by atoms with Gasteiger partial charge in [-0.25, -0.2) is 0 Å². The monoisotopic (exact) mass is 135 g/mol. The van der Waals surface area contributed by atoms with Crippen molar-refractivity contribution in [2.75, 3.05) is 0 Å². The molecule has 0 fully saturated rings. The minimum atomic E-state index is 0. The Bertz CT molecular complexity index is 37.5. The highest BCUT2D eigenvalue weighted by Gasteiger charge is 1.89. The summed E-state index contributed by atoms with van der Waals surface area (Å²) in [6.07, 6.45) is 3.88. The van der Waals surface area contributed by atoms with Crippen LogP contribution in [0.25, 0.3) is 0 Å². The minimum absolute atomic E-state index is 0. The van der Waals surface area contributed by atoms with Crippen molar-refractivity contribution < 1.29 is 0 Å². The molecule has 0 radical (unpaired) electrons. The highest BCUT2D eigenvalue weighted by Crippen LogP contribution is 2.03. The van der Waals surface area contributed by atoms with E-state index in [1.54, 1.807) is 0 Å². The van der Waals surface area contributed by atoms with Crippen LogP contribution in [0.5, 0.6) is 0 Å². The molecule has 0 saturated heterocycles. The molecule has 0 aromatic rings. The number of rotatable bonds is 3. The fourth-order valence-corrected chi connectivity index (χ4v) is 0.682. The molecule has 0 bridgehead atoms. The summed E-state index contributed by atoms with van der Waals surface area (Å²) in [4.78, 5) is 0. The fraction of sp³-hybridized carbons (Fsp3) is 1.00. The van der Waals surface area contributed by atoms with E-state index in [0.717, 1.165) is 0 Å². The summed E-state index contributed by atoms with van der Waals surface area (Å²) in [6.45, 7) is 4.34. The minimum Gasteiger partial charge on any atom is -0.344 e. The van der Waals surface area contributed by atoms with E-state index < -0.39 is 0 Å². The van der Waals surface area contributed by atoms with Crippen molar-refractivity contribution in [3.05, 3.63) is 0 Å². The van der Waals surface area contributed by atoms with Crippen molar-refractivity contribution >= 4 is 12.6 Å². The number of unbranched alkanes of at least 4 members (excludes halogenated alkanes) is 1. The van der Waals surface area contributed by atoms with Gasteiger partial charge in [-0.05, 0) is 11.7 Å². The zero-order chi connectivity index (χ0) is 5.70. The Morgan fingerprint density at radius 1 is 1.50 bits per heavy atom. The summed E-state index contributed by atoms with van der Waals surface area (Å²) in [5.74, 6) is 0. The zero-order valence-corrected chi connectivity index (χ0v) is 6.75. The lowest BCUT2D eigenvalue weighted by atomic mass is 10.2. The van der Waals surface area contributed by atoms with Gasteiger partial charge in [-0.2, -0.15) is 12.6 Å². The Labute approximate surface area is 57.9 Å². The number of thiol groups is 1. The van der Waals surface area contributed by atoms with E-state index in [1.807, 2.05) is 0 Å². The average Bonchev–Trinajstić information content (AvgIpc) is 1.61. The molecule has 8 heavy (non-hydrogen) atoms. The van der Waals surface area contributed by atoms with Crippen molar-refractivity contribution in [3.8, 4) is 0 Å². The average molecular weight is 135 g/mol. The number of hydrogen-bond donors (Lipinski definition) is 2. The molecule has 1 unspecified atom stereocenters. The molecule has 0 aliphatic rings. The van der Waals surface area contributed by atoms with Crippen LogP contribution in [-0.2, 0) is 0 Å². The summed E-state index contributed by atoms with van der Waals surface area (Å²) < 4.78 is 0. The Hall–Kier alpha value is 0.310. The molecule has 1 atom stereocenters. The molecule has 0 aliphatic carbocycles. The molecule has 0 aromatic carbocycles. The lowest BCUT2D eigenvalue weighted by molar-refractivity contribution is 0.716. The largest absolute Gasteiger partial charge is 0.344 e. The van der Waals surface area contributed by atoms with Gasteiger partial charge in [0, 0.05) is 0 Å². The van der Waals surface area contributed by atoms with Crippen LogP contribution in [0.2, 0.25) is 0 Å². The zero-order valence-electron chi connectivity index (χ0n) is 5.85. The van der Waals surface area contributed by atoms with Crippen LogP contribution in [0.4, 0.5) is 0 Å². The smallest absolute Gasteiger partial charge is 0.00116 e. The second-order valence-corrected chi connectivity index (χ2v) is 2.87. The summed E-state index contributed by atoms with van der Waals surface area (Å²) in [5.41, 5.74) is 0. The molecule has 0 aliphatic heterocycles. The van der Waals surface area contributed by atoms with Crippen LogP contribution in [0, 0.1) is 0 Å². The van der Waals surface area contributed by atoms with E-state index in [-0.39, 0.29) is 6.15 Å². The highest BCUT2D eigenvalue weighted by molar-refractivity contribution is 7.80. The molecular weight excluding hydrogens is 118 g/mol. The molecule has 0 amide bonds. The summed E-state index contributed by atoms with van der Waals surface area (Å²) in [5, 5.41) is 0.597. The van der Waals surface area contributed by atoms with E-state index in [0.29, 0.717) is 5.25 Å². The van der Waals surface area contributed by atoms with Crippen molar-refractivity contribution in [2.24, 2.45) is 0 Å². The lowest BCUT2D eigenvalue weighted by Gasteiger charge is -1.98. The molecule has 3 N–H and O–H groups in total. The third-order valence-electron chi connectivity index (χ3n) is 0.975. The van der Waals surface area contributed by atoms with Gasteiger partial charge >= 0.3 is 0 Å². The first kappa shape index (κ1) is 11.2. The first-order chi connectivity index (χ1) is 3.27.